The second-order valence-corrected chi connectivity index (χ2v) is 9.02. The van der Waals surface area contributed by atoms with Gasteiger partial charge < -0.3 is 33.7 Å². The van der Waals surface area contributed by atoms with Gasteiger partial charge in [-0.25, -0.2) is 9.78 Å². The maximum atomic E-state index is 13.3. The lowest BCUT2D eigenvalue weighted by atomic mass is 9.91. The van der Waals surface area contributed by atoms with E-state index in [0.29, 0.717) is 19.4 Å². The van der Waals surface area contributed by atoms with Crippen molar-refractivity contribution in [2.75, 3.05) is 27.1 Å². The summed E-state index contributed by atoms with van der Waals surface area (Å²) < 4.78 is 32.6. The first-order valence-corrected chi connectivity index (χ1v) is 12.9. The quantitative estimate of drug-likeness (QED) is 0.246. The third-order valence-corrected chi connectivity index (χ3v) is 6.03. The number of cyclic esters (lactones) is 2. The SMILES string of the molecule is CCCO[C@@H]1C(Cc2ccccc2)C(=O)OC[C@H](NC(=O)c2nccc(OC)c2OCOC(C)=O)C(=O)O[C@H]1C. The smallest absolute Gasteiger partial charge is 0.332 e. The van der Waals surface area contributed by atoms with Crippen molar-refractivity contribution in [2.45, 2.75) is 51.9 Å². The molecule has 40 heavy (non-hydrogen) atoms. The summed E-state index contributed by atoms with van der Waals surface area (Å²) in [5.41, 5.74) is 0.646. The molecule has 0 bridgehead atoms. The molecule has 0 saturated carbocycles. The summed E-state index contributed by atoms with van der Waals surface area (Å²) in [5, 5.41) is 2.50. The van der Waals surface area contributed by atoms with Crippen LogP contribution < -0.4 is 14.8 Å². The molecule has 1 aliphatic rings. The van der Waals surface area contributed by atoms with Crippen LogP contribution in [0, 0.1) is 5.92 Å². The van der Waals surface area contributed by atoms with Gasteiger partial charge in [-0.05, 0) is 25.3 Å². The third kappa shape index (κ3) is 8.15. The third-order valence-electron chi connectivity index (χ3n) is 6.03. The molecule has 1 saturated heterocycles. The molecule has 12 heteroatoms. The Hall–Kier alpha value is -4.19. The van der Waals surface area contributed by atoms with Crippen LogP contribution in [0.25, 0.3) is 0 Å². The predicted molar refractivity (Wildman–Crippen MR) is 139 cm³/mol. The Morgan fingerprint density at radius 1 is 1.12 bits per heavy atom. The lowest BCUT2D eigenvalue weighted by Crippen LogP contribution is -2.46. The van der Waals surface area contributed by atoms with Crippen molar-refractivity contribution in [1.29, 1.82) is 0 Å². The molecular formula is C28H34N2O10. The highest BCUT2D eigenvalue weighted by Gasteiger charge is 2.40. The number of aromatic nitrogens is 1. The number of nitrogens with one attached hydrogen (secondary N) is 1. The monoisotopic (exact) mass is 558 g/mol. The average Bonchev–Trinajstić information content (AvgIpc) is 2.97. The van der Waals surface area contributed by atoms with Crippen LogP contribution in [0.2, 0.25) is 0 Å². The Morgan fingerprint density at radius 2 is 1.88 bits per heavy atom. The summed E-state index contributed by atoms with van der Waals surface area (Å²) in [4.78, 5) is 54.8. The minimum absolute atomic E-state index is 0.110. The van der Waals surface area contributed by atoms with Gasteiger partial charge in [0.2, 0.25) is 6.79 Å². The van der Waals surface area contributed by atoms with Crippen LogP contribution in [-0.4, -0.2) is 74.2 Å². The van der Waals surface area contributed by atoms with Gasteiger partial charge >= 0.3 is 17.9 Å². The zero-order chi connectivity index (χ0) is 29.1. The van der Waals surface area contributed by atoms with Crippen molar-refractivity contribution in [3.05, 3.63) is 53.9 Å². The van der Waals surface area contributed by atoms with Crippen LogP contribution in [0.5, 0.6) is 11.5 Å². The van der Waals surface area contributed by atoms with E-state index in [-0.39, 0.29) is 17.2 Å². The van der Waals surface area contributed by atoms with Crippen molar-refractivity contribution in [3.8, 4) is 11.5 Å². The van der Waals surface area contributed by atoms with Gasteiger partial charge in [0.1, 0.15) is 18.8 Å². The summed E-state index contributed by atoms with van der Waals surface area (Å²) in [6, 6.07) is 9.47. The average molecular weight is 559 g/mol. The minimum atomic E-state index is -1.35. The number of methoxy groups -OCH3 is 1. The standard InChI is InChI=1S/C28H34N2O10/c1-5-13-36-24-17(2)40-28(34)21(15-37-27(33)20(24)14-19-9-7-6-8-10-19)30-26(32)23-25(39-16-38-18(3)31)22(35-4)11-12-29-23/h6-12,17,20-21,24H,5,13-16H2,1-4H3,(H,30,32)/t17-,20?,21-,24-/m0/s1. The van der Waals surface area contributed by atoms with Crippen LogP contribution in [0.15, 0.2) is 42.6 Å². The number of rotatable bonds is 11. The highest BCUT2D eigenvalue weighted by molar-refractivity contribution is 5.98. The van der Waals surface area contributed by atoms with Gasteiger partial charge in [0.25, 0.3) is 5.91 Å². The van der Waals surface area contributed by atoms with E-state index in [9.17, 15) is 19.2 Å². The fraction of sp³-hybridized carbons (Fsp3) is 0.464. The Labute approximate surface area is 232 Å². The molecule has 2 aromatic rings. The van der Waals surface area contributed by atoms with Crippen molar-refractivity contribution in [2.24, 2.45) is 5.92 Å². The number of ether oxygens (including phenoxy) is 6. The highest BCUT2D eigenvalue weighted by Crippen LogP contribution is 2.30. The number of carbonyl (C=O) groups excluding carboxylic acids is 4. The molecule has 0 aliphatic carbocycles. The molecule has 1 unspecified atom stereocenters. The number of esters is 3. The Balaban J connectivity index is 1.83. The largest absolute Gasteiger partial charge is 0.493 e. The van der Waals surface area contributed by atoms with Crippen molar-refractivity contribution >= 4 is 23.8 Å². The minimum Gasteiger partial charge on any atom is -0.493 e. The summed E-state index contributed by atoms with van der Waals surface area (Å²) in [5.74, 6) is -3.55. The van der Waals surface area contributed by atoms with Gasteiger partial charge in [0.15, 0.2) is 23.2 Å². The second kappa shape index (κ2) is 14.8. The van der Waals surface area contributed by atoms with Crippen LogP contribution in [0.1, 0.15) is 43.2 Å². The molecule has 216 valence electrons. The molecule has 1 N–H and O–H groups in total. The topological polar surface area (TPSA) is 149 Å². The summed E-state index contributed by atoms with van der Waals surface area (Å²) in [6.07, 6.45) is 0.713. The first kappa shape index (κ1) is 30.4. The van der Waals surface area contributed by atoms with E-state index in [0.717, 1.165) is 5.56 Å². The van der Waals surface area contributed by atoms with Crippen LogP contribution in [-0.2, 0) is 39.8 Å². The van der Waals surface area contributed by atoms with Gasteiger partial charge in [-0.15, -0.1) is 0 Å². The number of benzene rings is 1. The maximum absolute atomic E-state index is 13.3. The predicted octanol–water partition coefficient (Wildman–Crippen LogP) is 2.23. The lowest BCUT2D eigenvalue weighted by molar-refractivity contribution is -0.164. The molecule has 1 aromatic heterocycles. The van der Waals surface area contributed by atoms with Gasteiger partial charge in [-0.1, -0.05) is 37.3 Å². The molecule has 3 rings (SSSR count). The number of hydrogen-bond donors (Lipinski definition) is 1. The first-order chi connectivity index (χ1) is 19.2. The summed E-state index contributed by atoms with van der Waals surface area (Å²) >= 11 is 0. The summed E-state index contributed by atoms with van der Waals surface area (Å²) in [7, 11) is 1.36. The van der Waals surface area contributed by atoms with E-state index in [2.05, 4.69) is 10.3 Å². The van der Waals surface area contributed by atoms with Gasteiger partial charge in [-0.3, -0.25) is 14.4 Å². The summed E-state index contributed by atoms with van der Waals surface area (Å²) in [6.45, 7) is 4.14. The molecule has 0 spiro atoms. The van der Waals surface area contributed by atoms with Crippen molar-refractivity contribution in [3.63, 3.8) is 0 Å². The molecule has 2 heterocycles. The van der Waals surface area contributed by atoms with E-state index in [1.54, 1.807) is 6.92 Å². The fourth-order valence-corrected chi connectivity index (χ4v) is 4.10. The molecule has 1 aromatic carbocycles. The molecule has 4 atom stereocenters. The molecule has 12 nitrogen and oxygen atoms in total. The van der Waals surface area contributed by atoms with E-state index in [4.69, 9.17) is 28.4 Å². The van der Waals surface area contributed by atoms with Crippen LogP contribution in [0.3, 0.4) is 0 Å². The molecular weight excluding hydrogens is 524 g/mol. The zero-order valence-corrected chi connectivity index (χ0v) is 22.9. The Kier molecular flexibility index (Phi) is 11.2. The van der Waals surface area contributed by atoms with Crippen LogP contribution >= 0.6 is 0 Å². The van der Waals surface area contributed by atoms with Crippen molar-refractivity contribution < 1.29 is 47.6 Å². The van der Waals surface area contributed by atoms with Crippen LogP contribution in [0.4, 0.5) is 0 Å². The van der Waals surface area contributed by atoms with Gasteiger partial charge in [0, 0.05) is 25.8 Å². The number of pyridine rings is 1. The van der Waals surface area contributed by atoms with Gasteiger partial charge in [-0.2, -0.15) is 0 Å². The normalized spacial score (nSPS) is 21.1. The number of nitrogens with zero attached hydrogens (tertiary/aromatic N) is 1. The number of carbonyl (C=O) groups is 4. The fourth-order valence-electron chi connectivity index (χ4n) is 4.10. The zero-order valence-electron chi connectivity index (χ0n) is 22.9. The van der Waals surface area contributed by atoms with E-state index in [1.165, 1.54) is 26.3 Å². The maximum Gasteiger partial charge on any atom is 0.332 e. The second-order valence-electron chi connectivity index (χ2n) is 9.02. The molecule has 1 fully saturated rings. The molecule has 0 radical (unpaired) electrons. The van der Waals surface area contributed by atoms with Gasteiger partial charge in [0.05, 0.1) is 13.0 Å². The van der Waals surface area contributed by atoms with Crippen molar-refractivity contribution in [1.82, 2.24) is 10.3 Å². The molecule has 1 amide bonds. The lowest BCUT2D eigenvalue weighted by Gasteiger charge is -2.29. The van der Waals surface area contributed by atoms with E-state index in [1.807, 2.05) is 37.3 Å². The number of amides is 1. The van der Waals surface area contributed by atoms with E-state index < -0.39 is 61.4 Å². The Morgan fingerprint density at radius 3 is 2.55 bits per heavy atom. The Bertz CT molecular complexity index is 1170. The van der Waals surface area contributed by atoms with E-state index >= 15 is 0 Å². The number of hydrogen-bond acceptors (Lipinski definition) is 11. The highest BCUT2D eigenvalue weighted by atomic mass is 16.7. The first-order valence-electron chi connectivity index (χ1n) is 12.9. The molecule has 1 aliphatic heterocycles.